The number of hydrogen-bond acceptors (Lipinski definition) is 2. The number of nitrogens with zero attached hydrogens (tertiary/aromatic N) is 1. The number of aryl methyl sites for hydroxylation is 1. The van der Waals surface area contributed by atoms with E-state index < -0.39 is 9.84 Å². The van der Waals surface area contributed by atoms with E-state index in [1.807, 2.05) is 37.3 Å². The van der Waals surface area contributed by atoms with Crippen LogP contribution in [0.1, 0.15) is 12.6 Å². The number of benzene rings is 2. The second-order valence-electron chi connectivity index (χ2n) is 5.46. The van der Waals surface area contributed by atoms with Crippen LogP contribution in [-0.2, 0) is 9.84 Å². The molecule has 118 valence electrons. The monoisotopic (exact) mass is 325 g/mol. The van der Waals surface area contributed by atoms with Gasteiger partial charge in [-0.1, -0.05) is 43.3 Å². The maximum atomic E-state index is 12.2. The Balaban J connectivity index is 2.18. The Morgan fingerprint density at radius 3 is 2.35 bits per heavy atom. The SMILES string of the molecule is CCS(=O)(=O)c1cccc(-n2c(C)ccc2-c2ccccc2)c1. The molecular weight excluding hydrogens is 306 g/mol. The van der Waals surface area contributed by atoms with Crippen molar-refractivity contribution in [3.8, 4) is 16.9 Å². The molecule has 0 atom stereocenters. The maximum absolute atomic E-state index is 12.2. The third-order valence-electron chi connectivity index (χ3n) is 3.96. The van der Waals surface area contributed by atoms with Gasteiger partial charge in [0.05, 0.1) is 16.3 Å². The first-order chi connectivity index (χ1) is 11.0. The number of hydrogen-bond donors (Lipinski definition) is 0. The Kier molecular flexibility index (Phi) is 4.09. The molecule has 23 heavy (non-hydrogen) atoms. The molecule has 0 spiro atoms. The fourth-order valence-corrected chi connectivity index (χ4v) is 3.62. The van der Waals surface area contributed by atoms with Crippen LogP contribution in [0.3, 0.4) is 0 Å². The molecule has 2 aromatic carbocycles. The molecule has 0 aliphatic heterocycles. The van der Waals surface area contributed by atoms with Gasteiger partial charge in [-0.15, -0.1) is 0 Å². The fourth-order valence-electron chi connectivity index (χ4n) is 2.70. The number of aromatic nitrogens is 1. The Morgan fingerprint density at radius 2 is 1.65 bits per heavy atom. The van der Waals surface area contributed by atoms with Gasteiger partial charge < -0.3 is 4.57 Å². The van der Waals surface area contributed by atoms with Crippen molar-refractivity contribution in [3.05, 3.63) is 72.4 Å². The summed E-state index contributed by atoms with van der Waals surface area (Å²) in [6.45, 7) is 3.69. The summed E-state index contributed by atoms with van der Waals surface area (Å²) < 4.78 is 26.4. The second kappa shape index (κ2) is 6.05. The zero-order valence-electron chi connectivity index (χ0n) is 13.2. The average molecular weight is 325 g/mol. The Morgan fingerprint density at radius 1 is 0.913 bits per heavy atom. The molecule has 1 aromatic heterocycles. The second-order valence-corrected chi connectivity index (χ2v) is 7.74. The summed E-state index contributed by atoms with van der Waals surface area (Å²) in [6, 6.07) is 21.3. The molecule has 1 heterocycles. The average Bonchev–Trinajstić information content (AvgIpc) is 2.97. The molecule has 3 rings (SSSR count). The third-order valence-corrected chi connectivity index (χ3v) is 5.69. The molecule has 0 saturated heterocycles. The van der Waals surface area contributed by atoms with Gasteiger partial charge in [-0.2, -0.15) is 0 Å². The van der Waals surface area contributed by atoms with Crippen LogP contribution >= 0.6 is 0 Å². The van der Waals surface area contributed by atoms with Crippen molar-refractivity contribution in [3.63, 3.8) is 0 Å². The molecule has 0 saturated carbocycles. The molecule has 0 amide bonds. The lowest BCUT2D eigenvalue weighted by molar-refractivity contribution is 0.597. The Labute approximate surface area is 137 Å². The van der Waals surface area contributed by atoms with Gasteiger partial charge in [0, 0.05) is 11.4 Å². The lowest BCUT2D eigenvalue weighted by Crippen LogP contribution is -2.05. The topological polar surface area (TPSA) is 39.1 Å². The predicted octanol–water partition coefficient (Wildman–Crippen LogP) is 4.25. The minimum Gasteiger partial charge on any atom is -0.314 e. The zero-order valence-corrected chi connectivity index (χ0v) is 14.0. The van der Waals surface area contributed by atoms with E-state index in [1.54, 1.807) is 25.1 Å². The van der Waals surface area contributed by atoms with Crippen LogP contribution in [0.25, 0.3) is 16.9 Å². The third kappa shape index (κ3) is 2.94. The van der Waals surface area contributed by atoms with E-state index in [9.17, 15) is 8.42 Å². The van der Waals surface area contributed by atoms with Crippen LogP contribution in [0.4, 0.5) is 0 Å². The Bertz CT molecular complexity index is 925. The highest BCUT2D eigenvalue weighted by atomic mass is 32.2. The van der Waals surface area contributed by atoms with Crippen molar-refractivity contribution in [2.75, 3.05) is 5.75 Å². The van der Waals surface area contributed by atoms with E-state index in [-0.39, 0.29) is 5.75 Å². The fraction of sp³-hybridized carbons (Fsp3) is 0.158. The lowest BCUT2D eigenvalue weighted by atomic mass is 10.1. The molecule has 0 bridgehead atoms. The van der Waals surface area contributed by atoms with E-state index in [2.05, 4.69) is 22.8 Å². The van der Waals surface area contributed by atoms with E-state index >= 15 is 0 Å². The van der Waals surface area contributed by atoms with E-state index in [1.165, 1.54) is 0 Å². The van der Waals surface area contributed by atoms with E-state index in [4.69, 9.17) is 0 Å². The molecular formula is C19H19NO2S. The molecule has 0 aliphatic rings. The minimum absolute atomic E-state index is 0.104. The first-order valence-corrected chi connectivity index (χ1v) is 9.25. The van der Waals surface area contributed by atoms with Crippen molar-refractivity contribution >= 4 is 9.84 Å². The van der Waals surface area contributed by atoms with Gasteiger partial charge in [-0.05, 0) is 42.8 Å². The summed E-state index contributed by atoms with van der Waals surface area (Å²) >= 11 is 0. The summed E-state index contributed by atoms with van der Waals surface area (Å²) in [7, 11) is -3.22. The van der Waals surface area contributed by atoms with Crippen LogP contribution < -0.4 is 0 Å². The molecule has 4 heteroatoms. The van der Waals surface area contributed by atoms with Crippen LogP contribution in [0.15, 0.2) is 71.6 Å². The van der Waals surface area contributed by atoms with Crippen molar-refractivity contribution in [1.82, 2.24) is 4.57 Å². The van der Waals surface area contributed by atoms with Gasteiger partial charge >= 0.3 is 0 Å². The van der Waals surface area contributed by atoms with Crippen molar-refractivity contribution in [2.24, 2.45) is 0 Å². The summed E-state index contributed by atoms with van der Waals surface area (Å²) in [5, 5.41) is 0. The van der Waals surface area contributed by atoms with Crippen molar-refractivity contribution in [1.29, 1.82) is 0 Å². The van der Waals surface area contributed by atoms with Gasteiger partial charge in [0.2, 0.25) is 0 Å². The van der Waals surface area contributed by atoms with Gasteiger partial charge in [0.1, 0.15) is 0 Å². The van der Waals surface area contributed by atoms with Crippen LogP contribution in [0.5, 0.6) is 0 Å². The quantitative estimate of drug-likeness (QED) is 0.719. The zero-order chi connectivity index (χ0) is 16.4. The van der Waals surface area contributed by atoms with E-state index in [0.717, 1.165) is 22.6 Å². The molecule has 3 aromatic rings. The smallest absolute Gasteiger partial charge is 0.178 e. The predicted molar refractivity (Wildman–Crippen MR) is 93.7 cm³/mol. The summed E-state index contributed by atoms with van der Waals surface area (Å²) in [4.78, 5) is 0.365. The highest BCUT2D eigenvalue weighted by Crippen LogP contribution is 2.27. The molecule has 3 nitrogen and oxygen atoms in total. The Hall–Kier alpha value is -2.33. The highest BCUT2D eigenvalue weighted by molar-refractivity contribution is 7.91. The van der Waals surface area contributed by atoms with Crippen molar-refractivity contribution in [2.45, 2.75) is 18.7 Å². The van der Waals surface area contributed by atoms with Crippen LogP contribution in [0, 0.1) is 6.92 Å². The molecule has 0 N–H and O–H groups in total. The summed E-state index contributed by atoms with van der Waals surface area (Å²) in [5.41, 5.74) is 4.08. The summed E-state index contributed by atoms with van der Waals surface area (Å²) in [6.07, 6.45) is 0. The first kappa shape index (κ1) is 15.6. The maximum Gasteiger partial charge on any atom is 0.178 e. The van der Waals surface area contributed by atoms with E-state index in [0.29, 0.717) is 4.90 Å². The van der Waals surface area contributed by atoms with Crippen LogP contribution in [0.2, 0.25) is 0 Å². The molecule has 0 aliphatic carbocycles. The molecule has 0 fully saturated rings. The summed E-state index contributed by atoms with van der Waals surface area (Å²) in [5.74, 6) is 0.104. The lowest BCUT2D eigenvalue weighted by Gasteiger charge is -2.13. The van der Waals surface area contributed by atoms with Crippen molar-refractivity contribution < 1.29 is 8.42 Å². The van der Waals surface area contributed by atoms with Gasteiger partial charge in [-0.3, -0.25) is 0 Å². The number of sulfone groups is 1. The van der Waals surface area contributed by atoms with Gasteiger partial charge in [0.25, 0.3) is 0 Å². The molecule has 0 unspecified atom stereocenters. The standard InChI is InChI=1S/C19H19NO2S/c1-3-23(21,22)18-11-7-10-17(14-18)20-15(2)12-13-19(20)16-8-5-4-6-9-16/h4-14H,3H2,1-2H3. The largest absolute Gasteiger partial charge is 0.314 e. The number of rotatable bonds is 4. The normalized spacial score (nSPS) is 11.6. The first-order valence-electron chi connectivity index (χ1n) is 7.60. The highest BCUT2D eigenvalue weighted by Gasteiger charge is 2.14. The van der Waals surface area contributed by atoms with Gasteiger partial charge in [0.15, 0.2) is 9.84 Å². The van der Waals surface area contributed by atoms with Crippen LogP contribution in [-0.4, -0.2) is 18.7 Å². The molecule has 0 radical (unpaired) electrons. The van der Waals surface area contributed by atoms with Gasteiger partial charge in [-0.25, -0.2) is 8.42 Å². The minimum atomic E-state index is -3.22.